The smallest absolute Gasteiger partial charge is 0.125 e. The monoisotopic (exact) mass is 1020 g/mol. The Bertz CT molecular complexity index is 3050. The Labute approximate surface area is 400 Å². The first-order chi connectivity index (χ1) is 31.0. The molecule has 3 nitrogen and oxygen atoms in total. The molecule has 0 saturated carbocycles. The van der Waals surface area contributed by atoms with Crippen molar-refractivity contribution in [3.63, 3.8) is 0 Å². The number of rotatable bonds is 6. The maximum Gasteiger partial charge on any atom is 0.125 e. The van der Waals surface area contributed by atoms with Gasteiger partial charge in [-0.1, -0.05) is 168 Å². The first-order valence-electron chi connectivity index (χ1n) is 24.1. The van der Waals surface area contributed by atoms with Gasteiger partial charge < -0.3 is 14.4 Å². The molecule has 0 saturated heterocycles. The van der Waals surface area contributed by atoms with Gasteiger partial charge in [0.25, 0.3) is 0 Å². The molecule has 0 bridgehead atoms. The van der Waals surface area contributed by atoms with Crippen LogP contribution < -0.4 is 0 Å². The molecule has 64 heavy (non-hydrogen) atoms. The molecule has 0 N–H and O–H groups in total. The predicted octanol–water partition coefficient (Wildman–Crippen LogP) is 16.9. The summed E-state index contributed by atoms with van der Waals surface area (Å²) in [4.78, 5) is 9.32. The van der Waals surface area contributed by atoms with E-state index in [-0.39, 0.29) is 53.7 Å². The van der Waals surface area contributed by atoms with Crippen LogP contribution in [0.2, 0.25) is 0 Å². The number of furan rings is 1. The third-order valence-corrected chi connectivity index (χ3v) is 13.9. The molecule has 3 aromatic heterocycles. The largest absolute Gasteiger partial charge is 0.500 e. The van der Waals surface area contributed by atoms with Gasteiger partial charge in [0.2, 0.25) is 0 Å². The Morgan fingerprint density at radius 1 is 0.625 bits per heavy atom. The molecule has 331 valence electrons. The third-order valence-electron chi connectivity index (χ3n) is 13.9. The molecule has 1 aliphatic carbocycles. The van der Waals surface area contributed by atoms with Crippen LogP contribution in [0, 0.1) is 19.0 Å². The van der Waals surface area contributed by atoms with Crippen LogP contribution in [0.25, 0.3) is 66.7 Å². The standard InChI is InChI=1S/C45H48NO.C15H16N.Ir/c1-25(2)29-21-35(26(3)4)40(36(22-29)27(5)6)37-23-39(46-24-28(37)7)34-17-14-16-32-33-20-19-31-30-15-12-13-18-38(30)44(8,9)45(10,11)41(31)43(33)47-42(32)34;1-15(2,3)13-9-10-14(16-11-13)12-7-5-4-6-8-12;/h12-16,18-27H,1-11H3;4-7,9-11H,1-3H3;/q2*-1;/i7D3;;. The van der Waals surface area contributed by atoms with Crippen LogP contribution in [-0.2, 0) is 36.4 Å². The predicted molar refractivity (Wildman–Crippen MR) is 267 cm³/mol. The Morgan fingerprint density at radius 2 is 1.30 bits per heavy atom. The first-order valence-corrected chi connectivity index (χ1v) is 22.6. The number of nitrogens with zero attached hydrogens (tertiary/aromatic N) is 2. The summed E-state index contributed by atoms with van der Waals surface area (Å²) in [5.41, 5.74) is 16.6. The summed E-state index contributed by atoms with van der Waals surface area (Å²) in [5, 5.41) is 2.06. The van der Waals surface area contributed by atoms with E-state index < -0.39 is 6.85 Å². The fourth-order valence-corrected chi connectivity index (χ4v) is 9.37. The summed E-state index contributed by atoms with van der Waals surface area (Å²) in [6.07, 6.45) is 3.51. The molecule has 0 aliphatic heterocycles. The normalized spacial score (nSPS) is 14.9. The van der Waals surface area contributed by atoms with E-state index in [1.165, 1.54) is 33.4 Å². The van der Waals surface area contributed by atoms with Crippen LogP contribution in [0.4, 0.5) is 0 Å². The second-order valence-corrected chi connectivity index (χ2v) is 20.5. The molecule has 3 heterocycles. The fourth-order valence-electron chi connectivity index (χ4n) is 9.37. The number of pyridine rings is 2. The van der Waals surface area contributed by atoms with E-state index in [1.807, 2.05) is 42.6 Å². The molecule has 4 heteroatoms. The third kappa shape index (κ3) is 8.22. The van der Waals surface area contributed by atoms with Crippen molar-refractivity contribution in [2.24, 2.45) is 0 Å². The number of fused-ring (bicyclic) bond motifs is 7. The molecule has 0 amide bonds. The van der Waals surface area contributed by atoms with E-state index in [1.54, 1.807) is 6.20 Å². The molecule has 1 radical (unpaired) electrons. The Kier molecular flexibility index (Phi) is 11.8. The van der Waals surface area contributed by atoms with Crippen LogP contribution in [0.15, 0.2) is 120 Å². The van der Waals surface area contributed by atoms with Gasteiger partial charge in [-0.3, -0.25) is 0 Å². The fraction of sp³-hybridized carbons (Fsp3) is 0.333. The van der Waals surface area contributed by atoms with Crippen LogP contribution in [0.3, 0.4) is 0 Å². The van der Waals surface area contributed by atoms with E-state index in [0.29, 0.717) is 22.8 Å². The molecule has 0 fully saturated rings. The zero-order valence-electron chi connectivity index (χ0n) is 42.8. The molecule has 9 rings (SSSR count). The Morgan fingerprint density at radius 3 is 1.91 bits per heavy atom. The number of hydrogen-bond donors (Lipinski definition) is 0. The molecule has 5 aromatic carbocycles. The number of aromatic nitrogens is 2. The summed E-state index contributed by atoms with van der Waals surface area (Å²) < 4.78 is 32.8. The maximum atomic E-state index is 8.59. The van der Waals surface area contributed by atoms with E-state index in [2.05, 4.69) is 174 Å². The molecular formula is C60H64IrN2O-2. The van der Waals surface area contributed by atoms with E-state index >= 15 is 0 Å². The second-order valence-electron chi connectivity index (χ2n) is 20.5. The van der Waals surface area contributed by atoms with E-state index in [4.69, 9.17) is 13.5 Å². The van der Waals surface area contributed by atoms with Crippen LogP contribution in [-0.4, -0.2) is 9.97 Å². The van der Waals surface area contributed by atoms with Gasteiger partial charge in [-0.25, -0.2) is 0 Å². The molecule has 0 atom stereocenters. The quantitative estimate of drug-likeness (QED) is 0.156. The average molecular weight is 1020 g/mol. The van der Waals surface area contributed by atoms with Gasteiger partial charge in [0.05, 0.1) is 5.58 Å². The number of benzene rings is 5. The van der Waals surface area contributed by atoms with Gasteiger partial charge in [-0.15, -0.1) is 54.1 Å². The Hall–Kier alpha value is -5.15. The van der Waals surface area contributed by atoms with Crippen molar-refractivity contribution in [1.29, 1.82) is 0 Å². The average Bonchev–Trinajstić information content (AvgIpc) is 3.66. The van der Waals surface area contributed by atoms with Crippen molar-refractivity contribution in [3.8, 4) is 44.8 Å². The molecule has 0 spiro atoms. The van der Waals surface area contributed by atoms with Crippen molar-refractivity contribution in [2.45, 2.75) is 131 Å². The number of hydrogen-bond acceptors (Lipinski definition) is 3. The molecule has 0 unspecified atom stereocenters. The molecule has 1 aliphatic rings. The minimum absolute atomic E-state index is 0. The first kappa shape index (κ1) is 42.8. The van der Waals surface area contributed by atoms with Gasteiger partial charge in [0, 0.05) is 53.0 Å². The molecular weight excluding hydrogens is 957 g/mol. The van der Waals surface area contributed by atoms with Crippen molar-refractivity contribution in [3.05, 3.63) is 167 Å². The SMILES string of the molecule is CC(C)(C)c1ccc(-c2[c-]cccc2)nc1.[2H]C([2H])([2H])c1cnc(-c2[c-]ccc3c2oc2c4c(ccc23)-c2ccccc2C(C)(C)C4(C)C)cc1-c1c(C(C)C)cc(C(C)C)cc1C(C)C.[Ir]. The van der Waals surface area contributed by atoms with E-state index in [0.717, 1.165) is 49.9 Å². The number of aryl methyl sites for hydroxylation is 1. The van der Waals surface area contributed by atoms with E-state index in [9.17, 15) is 0 Å². The summed E-state index contributed by atoms with van der Waals surface area (Å²) in [6, 6.07) is 42.5. The van der Waals surface area contributed by atoms with Gasteiger partial charge in [0.15, 0.2) is 0 Å². The van der Waals surface area contributed by atoms with Gasteiger partial charge in [0.1, 0.15) is 5.58 Å². The van der Waals surface area contributed by atoms with Crippen molar-refractivity contribution >= 4 is 21.9 Å². The maximum absolute atomic E-state index is 8.59. The van der Waals surface area contributed by atoms with Crippen molar-refractivity contribution < 1.29 is 28.6 Å². The minimum atomic E-state index is -2.34. The minimum Gasteiger partial charge on any atom is -0.500 e. The summed E-state index contributed by atoms with van der Waals surface area (Å²) in [6.45, 7) is 26.7. The summed E-state index contributed by atoms with van der Waals surface area (Å²) in [5.74, 6) is 0.734. The van der Waals surface area contributed by atoms with Crippen molar-refractivity contribution in [2.75, 3.05) is 0 Å². The second kappa shape index (κ2) is 17.7. The summed E-state index contributed by atoms with van der Waals surface area (Å²) >= 11 is 0. The molecule has 8 aromatic rings. The van der Waals surface area contributed by atoms with Gasteiger partial charge in [-0.2, -0.15) is 0 Å². The van der Waals surface area contributed by atoms with Gasteiger partial charge in [-0.05, 0) is 102 Å². The van der Waals surface area contributed by atoms with Crippen LogP contribution in [0.5, 0.6) is 0 Å². The van der Waals surface area contributed by atoms with Crippen LogP contribution >= 0.6 is 0 Å². The topological polar surface area (TPSA) is 38.9 Å². The zero-order chi connectivity index (χ0) is 47.7. The summed E-state index contributed by atoms with van der Waals surface area (Å²) in [7, 11) is 0. The Balaban J connectivity index is 0.000000331. The van der Waals surface area contributed by atoms with Crippen LogP contribution in [0.1, 0.15) is 151 Å². The van der Waals surface area contributed by atoms with Gasteiger partial charge >= 0.3 is 0 Å². The zero-order valence-corrected chi connectivity index (χ0v) is 42.2. The van der Waals surface area contributed by atoms with Crippen molar-refractivity contribution in [1.82, 2.24) is 9.97 Å².